The van der Waals surface area contributed by atoms with Gasteiger partial charge in [-0.2, -0.15) is 26.3 Å². The van der Waals surface area contributed by atoms with E-state index in [4.69, 9.17) is 15.6 Å². The molecule has 1 heterocycles. The highest BCUT2D eigenvalue weighted by Crippen LogP contribution is 2.36. The molecule has 0 unspecified atom stereocenters. The predicted molar refractivity (Wildman–Crippen MR) is 100 cm³/mol. The number of carboxylic acids is 2. The summed E-state index contributed by atoms with van der Waals surface area (Å²) in [6.07, 6.45) is -6.55. The number of benzene rings is 1. The van der Waals surface area contributed by atoms with Gasteiger partial charge in [-0.1, -0.05) is 6.07 Å². The minimum Gasteiger partial charge on any atom is -0.507 e. The average molecular weight is 486 g/mol. The highest BCUT2D eigenvalue weighted by molar-refractivity contribution is 5.73. The van der Waals surface area contributed by atoms with E-state index in [1.165, 1.54) is 18.6 Å². The summed E-state index contributed by atoms with van der Waals surface area (Å²) in [5.41, 5.74) is 5.71. The van der Waals surface area contributed by atoms with Gasteiger partial charge >= 0.3 is 24.3 Å². The summed E-state index contributed by atoms with van der Waals surface area (Å²) in [5.74, 6) is -4.68. The number of rotatable bonds is 8. The quantitative estimate of drug-likeness (QED) is 0.309. The number of aromatic amines is 1. The first-order chi connectivity index (χ1) is 15.1. The van der Waals surface area contributed by atoms with E-state index in [2.05, 4.69) is 15.3 Å². The number of aromatic hydroxyl groups is 1. The number of nitrogens with one attached hydrogen (secondary N) is 2. The topological polar surface area (TPSA) is 162 Å². The number of nitrogens with zero attached hydrogens (tertiary/aromatic N) is 1. The van der Waals surface area contributed by atoms with Crippen molar-refractivity contribution in [2.45, 2.75) is 37.3 Å². The van der Waals surface area contributed by atoms with Gasteiger partial charge in [0.05, 0.1) is 11.9 Å². The Hall–Kier alpha value is -3.33. The van der Waals surface area contributed by atoms with Gasteiger partial charge in [0.2, 0.25) is 0 Å². The van der Waals surface area contributed by atoms with E-state index in [0.717, 1.165) is 12.1 Å². The second kappa shape index (κ2) is 11.5. The summed E-state index contributed by atoms with van der Waals surface area (Å²) in [6.45, 7) is 0.0906. The lowest BCUT2D eigenvalue weighted by Gasteiger charge is -2.18. The molecule has 2 rings (SSSR count). The maximum Gasteiger partial charge on any atom is 0.490 e. The van der Waals surface area contributed by atoms with Gasteiger partial charge < -0.3 is 31.4 Å². The molecule has 0 radical (unpaired) electrons. The predicted octanol–water partition coefficient (Wildman–Crippen LogP) is 1.92. The number of aliphatic carboxylic acids is 2. The zero-order chi connectivity index (χ0) is 25.4. The molecular weight excluding hydrogens is 466 g/mol. The van der Waals surface area contributed by atoms with Crippen LogP contribution in [-0.2, 0) is 28.6 Å². The van der Waals surface area contributed by atoms with Crippen molar-refractivity contribution >= 4 is 11.9 Å². The molecule has 9 nitrogen and oxygen atoms in total. The van der Waals surface area contributed by atoms with Gasteiger partial charge in [-0.3, -0.25) is 4.79 Å². The minimum atomic E-state index is -5.08. The van der Waals surface area contributed by atoms with Crippen LogP contribution in [0.25, 0.3) is 0 Å². The maximum atomic E-state index is 12.8. The molecule has 1 aromatic heterocycles. The Morgan fingerprint density at radius 1 is 1.12 bits per heavy atom. The Morgan fingerprint density at radius 3 is 2.18 bits per heavy atom. The lowest BCUT2D eigenvalue weighted by atomic mass is 10.0. The van der Waals surface area contributed by atoms with E-state index in [1.807, 2.05) is 0 Å². The molecular formula is C18H20F6N4O5. The average Bonchev–Trinajstić information content (AvgIpc) is 3.18. The molecule has 0 aliphatic heterocycles. The fraction of sp³-hybridized carbons (Fsp3) is 0.389. The fourth-order valence-corrected chi connectivity index (χ4v) is 2.47. The second-order valence-corrected chi connectivity index (χ2v) is 6.70. The molecule has 0 amide bonds. The van der Waals surface area contributed by atoms with Gasteiger partial charge in [-0.05, 0) is 24.1 Å². The van der Waals surface area contributed by atoms with Gasteiger partial charge in [-0.25, -0.2) is 9.78 Å². The second-order valence-electron chi connectivity index (χ2n) is 6.70. The molecule has 0 fully saturated rings. The largest absolute Gasteiger partial charge is 0.507 e. The summed E-state index contributed by atoms with van der Waals surface area (Å²) in [4.78, 5) is 26.8. The van der Waals surface area contributed by atoms with Crippen molar-refractivity contribution in [2.24, 2.45) is 5.73 Å². The Balaban J connectivity index is 0.000000675. The van der Waals surface area contributed by atoms with Gasteiger partial charge in [-0.15, -0.1) is 0 Å². The molecule has 0 aliphatic rings. The lowest BCUT2D eigenvalue weighted by Crippen LogP contribution is -2.45. The Kier molecular flexibility index (Phi) is 9.66. The highest BCUT2D eigenvalue weighted by Gasteiger charge is 2.38. The number of alkyl halides is 6. The van der Waals surface area contributed by atoms with Crippen molar-refractivity contribution in [3.05, 3.63) is 47.5 Å². The Bertz CT molecular complexity index is 918. The first-order valence-corrected chi connectivity index (χ1v) is 8.99. The standard InChI is InChI=1S/C16H19F3N4O3.C2HF3O2/c17-16(18,19)12-4-9(1-2-14(12)24)3-10(20)6-22-13(15(25)26)5-11-7-21-8-23-11;3-2(4,5)1(6)7/h1-2,4,7-8,10,13,22,24H,3,5-6,20H2,(H,21,23)(H,25,26);(H,6,7)/t10-,13-;/m0./s1. The van der Waals surface area contributed by atoms with Crippen molar-refractivity contribution in [3.63, 3.8) is 0 Å². The first kappa shape index (κ1) is 27.7. The summed E-state index contributed by atoms with van der Waals surface area (Å²) in [7, 11) is 0. The van der Waals surface area contributed by atoms with Crippen molar-refractivity contribution in [2.75, 3.05) is 6.54 Å². The zero-order valence-electron chi connectivity index (χ0n) is 16.6. The van der Waals surface area contributed by atoms with Crippen molar-refractivity contribution in [1.29, 1.82) is 0 Å². The summed E-state index contributed by atoms with van der Waals surface area (Å²) in [5, 5.41) is 28.5. The van der Waals surface area contributed by atoms with Gasteiger partial charge in [0.15, 0.2) is 0 Å². The summed E-state index contributed by atoms with van der Waals surface area (Å²) < 4.78 is 70.2. The van der Waals surface area contributed by atoms with Crippen LogP contribution in [0.5, 0.6) is 5.75 Å². The number of carbonyl (C=O) groups is 2. The molecule has 2 aromatic rings. The summed E-state index contributed by atoms with van der Waals surface area (Å²) >= 11 is 0. The Labute approximate surface area is 182 Å². The number of H-pyrrole nitrogens is 1. The maximum absolute atomic E-state index is 12.8. The third-order valence-electron chi connectivity index (χ3n) is 4.01. The molecule has 0 bridgehead atoms. The zero-order valence-corrected chi connectivity index (χ0v) is 16.6. The van der Waals surface area contributed by atoms with Crippen molar-refractivity contribution in [1.82, 2.24) is 15.3 Å². The molecule has 33 heavy (non-hydrogen) atoms. The van der Waals surface area contributed by atoms with E-state index in [9.17, 15) is 41.4 Å². The number of imidazole rings is 1. The number of phenols is 1. The third-order valence-corrected chi connectivity index (χ3v) is 4.01. The van der Waals surface area contributed by atoms with Crippen molar-refractivity contribution < 1.29 is 51.3 Å². The molecule has 15 heteroatoms. The van der Waals surface area contributed by atoms with E-state index >= 15 is 0 Å². The van der Waals surface area contributed by atoms with E-state index < -0.39 is 47.7 Å². The van der Waals surface area contributed by atoms with Crippen LogP contribution in [0.1, 0.15) is 16.8 Å². The SMILES string of the molecule is N[C@H](CN[C@@H](Cc1cnc[nH]1)C(=O)O)Cc1ccc(O)c(C(F)(F)F)c1.O=C(O)C(F)(F)F. The van der Waals surface area contributed by atoms with Crippen molar-refractivity contribution in [3.8, 4) is 5.75 Å². The monoisotopic (exact) mass is 486 g/mol. The molecule has 2 atom stereocenters. The van der Waals surface area contributed by atoms with E-state index in [1.54, 1.807) is 0 Å². The number of hydrogen-bond acceptors (Lipinski definition) is 6. The third kappa shape index (κ3) is 9.78. The van der Waals surface area contributed by atoms with Gasteiger partial charge in [0.25, 0.3) is 0 Å². The van der Waals surface area contributed by atoms with Crippen LogP contribution >= 0.6 is 0 Å². The summed E-state index contributed by atoms with van der Waals surface area (Å²) in [6, 6.07) is 1.64. The van der Waals surface area contributed by atoms with Crippen LogP contribution in [0.3, 0.4) is 0 Å². The smallest absolute Gasteiger partial charge is 0.490 e. The van der Waals surface area contributed by atoms with Crippen LogP contribution in [0.4, 0.5) is 26.3 Å². The van der Waals surface area contributed by atoms with Gasteiger partial charge in [0.1, 0.15) is 11.8 Å². The van der Waals surface area contributed by atoms with Crippen LogP contribution in [0, 0.1) is 0 Å². The van der Waals surface area contributed by atoms with Crippen LogP contribution < -0.4 is 11.1 Å². The van der Waals surface area contributed by atoms with E-state index in [0.29, 0.717) is 11.3 Å². The number of phenolic OH excluding ortho intramolecular Hbond substituents is 1. The highest BCUT2D eigenvalue weighted by atomic mass is 19.4. The molecule has 0 saturated heterocycles. The molecule has 184 valence electrons. The molecule has 0 aliphatic carbocycles. The van der Waals surface area contributed by atoms with Crippen LogP contribution in [0.15, 0.2) is 30.7 Å². The first-order valence-electron chi connectivity index (χ1n) is 8.99. The lowest BCUT2D eigenvalue weighted by molar-refractivity contribution is -0.192. The molecule has 1 aromatic carbocycles. The molecule has 0 saturated carbocycles. The fourth-order valence-electron chi connectivity index (χ4n) is 2.47. The molecule has 7 N–H and O–H groups in total. The molecule has 0 spiro atoms. The van der Waals surface area contributed by atoms with Crippen LogP contribution in [-0.4, -0.2) is 62.0 Å². The Morgan fingerprint density at radius 2 is 1.73 bits per heavy atom. The minimum absolute atomic E-state index is 0.0900. The number of carboxylic acid groups (broad SMARTS) is 2. The number of aromatic nitrogens is 2. The number of hydrogen-bond donors (Lipinski definition) is 6. The van der Waals surface area contributed by atoms with E-state index in [-0.39, 0.29) is 19.4 Å². The van der Waals surface area contributed by atoms with Gasteiger partial charge in [0, 0.05) is 30.9 Å². The number of nitrogens with two attached hydrogens (primary N) is 1. The normalized spacial score (nSPS) is 13.5. The van der Waals surface area contributed by atoms with Crippen LogP contribution in [0.2, 0.25) is 0 Å². The number of halogens is 6.